The predicted octanol–water partition coefficient (Wildman–Crippen LogP) is 1.55. The molecule has 1 aromatic carbocycles. The van der Waals surface area contributed by atoms with Gasteiger partial charge in [-0.3, -0.25) is 13.9 Å². The second-order valence-electron chi connectivity index (χ2n) is 6.03. The minimum Gasteiger partial charge on any atom is -0.310 e. The number of hydrogen-bond donors (Lipinski definition) is 0. The van der Waals surface area contributed by atoms with E-state index in [-0.39, 0.29) is 11.2 Å². The van der Waals surface area contributed by atoms with Crippen LogP contribution >= 0.6 is 11.6 Å². The summed E-state index contributed by atoms with van der Waals surface area (Å²) in [5, 5.41) is 0.686. The molecular formula is C16H16ClN5O2. The molecule has 124 valence electrons. The summed E-state index contributed by atoms with van der Waals surface area (Å²) in [7, 11) is 3.11. The van der Waals surface area contributed by atoms with Gasteiger partial charge in [0.2, 0.25) is 5.95 Å². The van der Waals surface area contributed by atoms with Gasteiger partial charge in [-0.1, -0.05) is 17.7 Å². The average Bonchev–Trinajstić information content (AvgIpc) is 3.12. The summed E-state index contributed by atoms with van der Waals surface area (Å²) in [6, 6.07) is 5.83. The molecule has 24 heavy (non-hydrogen) atoms. The lowest BCUT2D eigenvalue weighted by atomic mass is 10.2. The zero-order valence-electron chi connectivity index (χ0n) is 13.6. The molecule has 7 nitrogen and oxygen atoms in total. The Hall–Kier alpha value is -2.54. The van der Waals surface area contributed by atoms with E-state index in [1.807, 2.05) is 34.6 Å². The Morgan fingerprint density at radius 2 is 1.88 bits per heavy atom. The van der Waals surface area contributed by atoms with Crippen molar-refractivity contribution in [2.24, 2.45) is 14.1 Å². The van der Waals surface area contributed by atoms with Crippen LogP contribution in [0.5, 0.6) is 0 Å². The number of rotatable bonds is 1. The quantitative estimate of drug-likeness (QED) is 0.671. The molecule has 0 saturated heterocycles. The van der Waals surface area contributed by atoms with Crippen molar-refractivity contribution in [3.63, 3.8) is 0 Å². The van der Waals surface area contributed by atoms with Gasteiger partial charge in [-0.2, -0.15) is 4.98 Å². The fourth-order valence-electron chi connectivity index (χ4n) is 3.15. The maximum Gasteiger partial charge on any atom is 0.332 e. The van der Waals surface area contributed by atoms with Gasteiger partial charge >= 0.3 is 5.69 Å². The van der Waals surface area contributed by atoms with E-state index >= 15 is 0 Å². The molecule has 2 aromatic heterocycles. The standard InChI is InChI=1S/C16H16ClN5O2/c1-9-4-5-10(8-11(9)17)21-6-7-22-12-13(18-15(21)22)19(2)16(24)20(3)14(12)23/h4-5,8H,6-7H2,1-3H3. The van der Waals surface area contributed by atoms with E-state index in [0.29, 0.717) is 35.2 Å². The van der Waals surface area contributed by atoms with Gasteiger partial charge in [-0.25, -0.2) is 4.79 Å². The van der Waals surface area contributed by atoms with Crippen molar-refractivity contribution in [2.75, 3.05) is 11.4 Å². The maximum absolute atomic E-state index is 12.5. The molecule has 0 saturated carbocycles. The Morgan fingerprint density at radius 3 is 2.58 bits per heavy atom. The Balaban J connectivity index is 1.98. The summed E-state index contributed by atoms with van der Waals surface area (Å²) in [6.07, 6.45) is 0. The number of imidazole rings is 1. The van der Waals surface area contributed by atoms with Gasteiger partial charge in [0, 0.05) is 37.9 Å². The summed E-state index contributed by atoms with van der Waals surface area (Å²) >= 11 is 6.24. The van der Waals surface area contributed by atoms with Crippen LogP contribution in [0.3, 0.4) is 0 Å². The first-order valence-corrected chi connectivity index (χ1v) is 7.98. The lowest BCUT2D eigenvalue weighted by Gasteiger charge is -2.16. The molecule has 1 aliphatic heterocycles. The highest BCUT2D eigenvalue weighted by atomic mass is 35.5. The summed E-state index contributed by atoms with van der Waals surface area (Å²) < 4.78 is 4.38. The molecular weight excluding hydrogens is 330 g/mol. The van der Waals surface area contributed by atoms with Crippen molar-refractivity contribution in [1.29, 1.82) is 0 Å². The van der Waals surface area contributed by atoms with Crippen LogP contribution in [0.1, 0.15) is 5.56 Å². The summed E-state index contributed by atoms with van der Waals surface area (Å²) in [5.41, 5.74) is 2.08. The number of aryl methyl sites for hydroxylation is 2. The normalized spacial score (nSPS) is 13.8. The van der Waals surface area contributed by atoms with E-state index in [1.165, 1.54) is 11.6 Å². The molecule has 8 heteroatoms. The van der Waals surface area contributed by atoms with E-state index in [0.717, 1.165) is 15.8 Å². The van der Waals surface area contributed by atoms with Crippen LogP contribution in [0, 0.1) is 6.92 Å². The zero-order chi connectivity index (χ0) is 17.2. The van der Waals surface area contributed by atoms with Crippen LogP contribution in [0.25, 0.3) is 11.2 Å². The average molecular weight is 346 g/mol. The molecule has 0 amide bonds. The molecule has 0 atom stereocenters. The number of anilines is 2. The van der Waals surface area contributed by atoms with Gasteiger partial charge in [-0.05, 0) is 24.6 Å². The summed E-state index contributed by atoms with van der Waals surface area (Å²) in [4.78, 5) is 31.2. The largest absolute Gasteiger partial charge is 0.332 e. The first-order valence-electron chi connectivity index (χ1n) is 7.60. The third-order valence-electron chi connectivity index (χ3n) is 4.58. The first-order chi connectivity index (χ1) is 11.4. The number of benzene rings is 1. The molecule has 0 spiro atoms. The predicted molar refractivity (Wildman–Crippen MR) is 93.4 cm³/mol. The van der Waals surface area contributed by atoms with Crippen LogP contribution in [0.15, 0.2) is 27.8 Å². The molecule has 3 aromatic rings. The molecule has 0 fully saturated rings. The third-order valence-corrected chi connectivity index (χ3v) is 4.99. The van der Waals surface area contributed by atoms with Crippen molar-refractivity contribution in [1.82, 2.24) is 18.7 Å². The Bertz CT molecular complexity index is 1110. The fraction of sp³-hybridized carbons (Fsp3) is 0.312. The lowest BCUT2D eigenvalue weighted by Crippen LogP contribution is -2.37. The van der Waals surface area contributed by atoms with Crippen molar-refractivity contribution in [3.05, 3.63) is 49.6 Å². The van der Waals surface area contributed by atoms with Gasteiger partial charge in [0.15, 0.2) is 11.2 Å². The molecule has 0 aliphatic carbocycles. The van der Waals surface area contributed by atoms with Gasteiger partial charge in [0.1, 0.15) is 0 Å². The van der Waals surface area contributed by atoms with E-state index < -0.39 is 0 Å². The van der Waals surface area contributed by atoms with Crippen LogP contribution in [0.4, 0.5) is 11.6 Å². The maximum atomic E-state index is 12.5. The highest BCUT2D eigenvalue weighted by Gasteiger charge is 2.28. The van der Waals surface area contributed by atoms with Crippen molar-refractivity contribution in [2.45, 2.75) is 13.5 Å². The highest BCUT2D eigenvalue weighted by Crippen LogP contribution is 2.33. The fourth-order valence-corrected chi connectivity index (χ4v) is 3.32. The molecule has 3 heterocycles. The highest BCUT2D eigenvalue weighted by molar-refractivity contribution is 6.31. The smallest absolute Gasteiger partial charge is 0.310 e. The zero-order valence-corrected chi connectivity index (χ0v) is 14.3. The Labute approximate surface area is 142 Å². The molecule has 0 unspecified atom stereocenters. The lowest BCUT2D eigenvalue weighted by molar-refractivity contribution is 0.700. The Kier molecular flexibility index (Phi) is 3.11. The topological polar surface area (TPSA) is 65.1 Å². The number of hydrogen-bond acceptors (Lipinski definition) is 4. The van der Waals surface area contributed by atoms with Crippen molar-refractivity contribution >= 4 is 34.4 Å². The second-order valence-corrected chi connectivity index (χ2v) is 6.43. The van der Waals surface area contributed by atoms with Crippen molar-refractivity contribution in [3.8, 4) is 0 Å². The van der Waals surface area contributed by atoms with Crippen LogP contribution < -0.4 is 16.1 Å². The minimum absolute atomic E-state index is 0.323. The first kappa shape index (κ1) is 15.0. The summed E-state index contributed by atoms with van der Waals surface area (Å²) in [5.74, 6) is 0.656. The number of aromatic nitrogens is 4. The summed E-state index contributed by atoms with van der Waals surface area (Å²) in [6.45, 7) is 3.28. The van der Waals surface area contributed by atoms with Gasteiger partial charge in [0.05, 0.1) is 0 Å². The van der Waals surface area contributed by atoms with E-state index in [9.17, 15) is 9.59 Å². The van der Waals surface area contributed by atoms with E-state index in [1.54, 1.807) is 7.05 Å². The van der Waals surface area contributed by atoms with Gasteiger partial charge < -0.3 is 9.47 Å². The molecule has 0 N–H and O–H groups in total. The molecule has 0 bridgehead atoms. The van der Waals surface area contributed by atoms with Gasteiger partial charge in [0.25, 0.3) is 5.56 Å². The second kappa shape index (κ2) is 4.98. The Morgan fingerprint density at radius 1 is 1.12 bits per heavy atom. The van der Waals surface area contributed by atoms with Crippen molar-refractivity contribution < 1.29 is 0 Å². The van der Waals surface area contributed by atoms with Crippen LogP contribution in [-0.2, 0) is 20.6 Å². The van der Waals surface area contributed by atoms with Crippen LogP contribution in [0.2, 0.25) is 5.02 Å². The van der Waals surface area contributed by atoms with Crippen LogP contribution in [-0.4, -0.2) is 25.2 Å². The SMILES string of the molecule is Cc1ccc(N2CCn3c2nc2c3c(=O)n(C)c(=O)n2C)cc1Cl. The number of fused-ring (bicyclic) bond motifs is 3. The minimum atomic E-state index is -0.380. The third kappa shape index (κ3) is 1.88. The number of halogens is 1. The molecule has 0 radical (unpaired) electrons. The molecule has 1 aliphatic rings. The molecule has 4 rings (SSSR count). The van der Waals surface area contributed by atoms with Gasteiger partial charge in [-0.15, -0.1) is 0 Å². The van der Waals surface area contributed by atoms with E-state index in [4.69, 9.17) is 11.6 Å². The van der Waals surface area contributed by atoms with E-state index in [2.05, 4.69) is 4.98 Å². The number of nitrogens with zero attached hydrogens (tertiary/aromatic N) is 5. The monoisotopic (exact) mass is 345 g/mol.